The molecule has 0 aromatic carbocycles. The summed E-state index contributed by atoms with van der Waals surface area (Å²) < 4.78 is 0. The number of aryl methyl sites for hydroxylation is 1. The van der Waals surface area contributed by atoms with Gasteiger partial charge in [0.1, 0.15) is 0 Å². The van der Waals surface area contributed by atoms with Gasteiger partial charge in [-0.2, -0.15) is 0 Å². The van der Waals surface area contributed by atoms with Crippen LogP contribution in [0.2, 0.25) is 0 Å². The molecular weight excluding hydrogens is 128 g/mol. The highest BCUT2D eigenvalue weighted by Gasteiger charge is 1.94. The SMILES string of the molecule is Cc1cc(N)cc(CO)n1. The van der Waals surface area contributed by atoms with Gasteiger partial charge in [-0.1, -0.05) is 0 Å². The van der Waals surface area contributed by atoms with Gasteiger partial charge < -0.3 is 10.8 Å². The predicted octanol–water partition coefficient (Wildman–Crippen LogP) is 0.465. The largest absolute Gasteiger partial charge is 0.399 e. The van der Waals surface area contributed by atoms with E-state index in [1.54, 1.807) is 12.1 Å². The van der Waals surface area contributed by atoms with Crippen LogP contribution in [0.1, 0.15) is 11.4 Å². The van der Waals surface area contributed by atoms with Crippen LogP contribution in [0.15, 0.2) is 12.1 Å². The number of hydrogen-bond acceptors (Lipinski definition) is 3. The molecule has 0 bridgehead atoms. The van der Waals surface area contributed by atoms with Gasteiger partial charge in [0.25, 0.3) is 0 Å². The van der Waals surface area contributed by atoms with E-state index in [4.69, 9.17) is 10.8 Å². The molecule has 54 valence electrons. The molecule has 0 amide bonds. The Labute approximate surface area is 59.5 Å². The van der Waals surface area contributed by atoms with Crippen LogP contribution in [0.25, 0.3) is 0 Å². The third-order valence-electron chi connectivity index (χ3n) is 1.19. The monoisotopic (exact) mass is 138 g/mol. The Morgan fingerprint density at radius 1 is 1.60 bits per heavy atom. The maximum atomic E-state index is 8.67. The zero-order valence-corrected chi connectivity index (χ0v) is 5.83. The first-order valence-corrected chi connectivity index (χ1v) is 3.06. The third-order valence-corrected chi connectivity index (χ3v) is 1.19. The number of nitrogens with two attached hydrogens (primary N) is 1. The zero-order chi connectivity index (χ0) is 7.56. The molecule has 0 saturated heterocycles. The van der Waals surface area contributed by atoms with Crippen LogP contribution in [0.5, 0.6) is 0 Å². The van der Waals surface area contributed by atoms with Crippen molar-refractivity contribution in [2.75, 3.05) is 5.73 Å². The van der Waals surface area contributed by atoms with E-state index in [1.807, 2.05) is 6.92 Å². The van der Waals surface area contributed by atoms with E-state index in [-0.39, 0.29) is 6.61 Å². The zero-order valence-electron chi connectivity index (χ0n) is 5.83. The van der Waals surface area contributed by atoms with Crippen LogP contribution in [-0.2, 0) is 6.61 Å². The summed E-state index contributed by atoms with van der Waals surface area (Å²) in [5, 5.41) is 8.67. The number of rotatable bonds is 1. The molecule has 3 N–H and O–H groups in total. The van der Waals surface area contributed by atoms with Crippen molar-refractivity contribution in [2.24, 2.45) is 0 Å². The lowest BCUT2D eigenvalue weighted by atomic mass is 10.3. The highest BCUT2D eigenvalue weighted by atomic mass is 16.3. The Balaban J connectivity index is 3.06. The quantitative estimate of drug-likeness (QED) is 0.592. The van der Waals surface area contributed by atoms with Gasteiger partial charge in [0.15, 0.2) is 0 Å². The van der Waals surface area contributed by atoms with Crippen molar-refractivity contribution in [3.63, 3.8) is 0 Å². The predicted molar refractivity (Wildman–Crippen MR) is 39.3 cm³/mol. The Morgan fingerprint density at radius 2 is 2.30 bits per heavy atom. The second kappa shape index (κ2) is 2.66. The Morgan fingerprint density at radius 3 is 2.80 bits per heavy atom. The average molecular weight is 138 g/mol. The summed E-state index contributed by atoms with van der Waals surface area (Å²) in [5.41, 5.74) is 7.59. The first kappa shape index (κ1) is 7.02. The molecule has 0 aliphatic carbocycles. The van der Waals surface area contributed by atoms with Gasteiger partial charge in [0.2, 0.25) is 0 Å². The van der Waals surface area contributed by atoms with Gasteiger partial charge in [0.05, 0.1) is 12.3 Å². The minimum atomic E-state index is -0.0497. The van der Waals surface area contributed by atoms with Crippen molar-refractivity contribution in [1.82, 2.24) is 4.98 Å². The van der Waals surface area contributed by atoms with Crippen molar-refractivity contribution in [3.05, 3.63) is 23.5 Å². The summed E-state index contributed by atoms with van der Waals surface area (Å²) in [6.07, 6.45) is 0. The molecule has 0 aliphatic rings. The van der Waals surface area contributed by atoms with Crippen molar-refractivity contribution < 1.29 is 5.11 Å². The van der Waals surface area contributed by atoms with Gasteiger partial charge in [0, 0.05) is 11.4 Å². The fourth-order valence-electron chi connectivity index (χ4n) is 0.847. The van der Waals surface area contributed by atoms with Gasteiger partial charge in [-0.25, -0.2) is 0 Å². The molecule has 0 atom stereocenters. The standard InChI is InChI=1S/C7H10N2O/c1-5-2-6(8)3-7(4-10)9-5/h2-3,10H,4H2,1H3,(H2,8,9). The van der Waals surface area contributed by atoms with E-state index < -0.39 is 0 Å². The van der Waals surface area contributed by atoms with Crippen LogP contribution in [0.4, 0.5) is 5.69 Å². The van der Waals surface area contributed by atoms with E-state index in [0.29, 0.717) is 11.4 Å². The summed E-state index contributed by atoms with van der Waals surface area (Å²) in [5.74, 6) is 0. The lowest BCUT2D eigenvalue weighted by molar-refractivity contribution is 0.276. The van der Waals surface area contributed by atoms with E-state index in [9.17, 15) is 0 Å². The molecule has 0 fully saturated rings. The molecule has 3 nitrogen and oxygen atoms in total. The molecule has 0 radical (unpaired) electrons. The van der Waals surface area contributed by atoms with Gasteiger partial charge in [-0.05, 0) is 19.1 Å². The maximum Gasteiger partial charge on any atom is 0.0853 e. The second-order valence-electron chi connectivity index (χ2n) is 2.19. The number of nitrogen functional groups attached to an aromatic ring is 1. The second-order valence-corrected chi connectivity index (χ2v) is 2.19. The van der Waals surface area contributed by atoms with Crippen LogP contribution >= 0.6 is 0 Å². The van der Waals surface area contributed by atoms with Crippen molar-refractivity contribution in [1.29, 1.82) is 0 Å². The summed E-state index contributed by atoms with van der Waals surface area (Å²) in [6.45, 7) is 1.79. The molecule has 1 rings (SSSR count). The molecule has 0 saturated carbocycles. The molecule has 0 unspecified atom stereocenters. The summed E-state index contributed by atoms with van der Waals surface area (Å²) in [6, 6.07) is 3.42. The van der Waals surface area contributed by atoms with Crippen LogP contribution in [0, 0.1) is 6.92 Å². The van der Waals surface area contributed by atoms with Crippen LogP contribution in [0.3, 0.4) is 0 Å². The van der Waals surface area contributed by atoms with Gasteiger partial charge in [-0.15, -0.1) is 0 Å². The maximum absolute atomic E-state index is 8.67. The molecule has 1 heterocycles. The third kappa shape index (κ3) is 1.45. The highest BCUT2D eigenvalue weighted by molar-refractivity contribution is 5.39. The van der Waals surface area contributed by atoms with Crippen molar-refractivity contribution >= 4 is 5.69 Å². The molecular formula is C7H10N2O. The van der Waals surface area contributed by atoms with Gasteiger partial charge >= 0.3 is 0 Å². The molecule has 10 heavy (non-hydrogen) atoms. The molecule has 0 aliphatic heterocycles. The van der Waals surface area contributed by atoms with Crippen LogP contribution < -0.4 is 5.73 Å². The summed E-state index contributed by atoms with van der Waals surface area (Å²) in [7, 11) is 0. The number of nitrogens with zero attached hydrogens (tertiary/aromatic N) is 1. The average Bonchev–Trinajstić information content (AvgIpc) is 1.85. The molecule has 0 spiro atoms. The number of anilines is 1. The number of hydrogen-bond donors (Lipinski definition) is 2. The number of aliphatic hydroxyl groups is 1. The Kier molecular flexibility index (Phi) is 1.87. The summed E-state index contributed by atoms with van der Waals surface area (Å²) in [4.78, 5) is 4.02. The minimum absolute atomic E-state index is 0.0497. The van der Waals surface area contributed by atoms with E-state index in [1.165, 1.54) is 0 Å². The van der Waals surface area contributed by atoms with Gasteiger partial charge in [-0.3, -0.25) is 4.98 Å². The topological polar surface area (TPSA) is 59.1 Å². The lowest BCUT2D eigenvalue weighted by Gasteiger charge is -1.98. The van der Waals surface area contributed by atoms with Crippen molar-refractivity contribution in [3.8, 4) is 0 Å². The molecule has 1 aromatic rings. The molecule has 1 aromatic heterocycles. The fourth-order valence-corrected chi connectivity index (χ4v) is 0.847. The van der Waals surface area contributed by atoms with Crippen molar-refractivity contribution in [2.45, 2.75) is 13.5 Å². The Bertz CT molecular complexity index is 215. The lowest BCUT2D eigenvalue weighted by Crippen LogP contribution is -1.94. The Hall–Kier alpha value is -1.09. The number of pyridine rings is 1. The minimum Gasteiger partial charge on any atom is -0.399 e. The first-order valence-electron chi connectivity index (χ1n) is 3.06. The molecule has 3 heteroatoms. The van der Waals surface area contributed by atoms with E-state index in [0.717, 1.165) is 5.69 Å². The highest BCUT2D eigenvalue weighted by Crippen LogP contribution is 2.06. The number of aliphatic hydroxyl groups excluding tert-OH is 1. The first-order chi connectivity index (χ1) is 4.72. The fraction of sp³-hybridized carbons (Fsp3) is 0.286. The van der Waals surface area contributed by atoms with E-state index in [2.05, 4.69) is 4.98 Å². The van der Waals surface area contributed by atoms with E-state index >= 15 is 0 Å². The van der Waals surface area contributed by atoms with Crippen LogP contribution in [-0.4, -0.2) is 10.1 Å². The summed E-state index contributed by atoms with van der Waals surface area (Å²) >= 11 is 0. The number of aromatic nitrogens is 1. The normalized spacial score (nSPS) is 9.80. The smallest absolute Gasteiger partial charge is 0.0853 e.